The van der Waals surface area contributed by atoms with Gasteiger partial charge < -0.3 is 10.1 Å². The number of nitro groups is 1. The number of hydrogen-bond acceptors (Lipinski definition) is 6. The Morgan fingerprint density at radius 3 is 2.50 bits per heavy atom. The topological polar surface area (TPSA) is 98.5 Å². The Balaban J connectivity index is 1.86. The van der Waals surface area contributed by atoms with Gasteiger partial charge in [0.2, 0.25) is 0 Å². The van der Waals surface area contributed by atoms with E-state index in [0.717, 1.165) is 4.47 Å². The summed E-state index contributed by atoms with van der Waals surface area (Å²) >= 11 is 3.97. The molecule has 1 heterocycles. The van der Waals surface area contributed by atoms with Crippen molar-refractivity contribution in [2.45, 2.75) is 0 Å². The summed E-state index contributed by atoms with van der Waals surface area (Å²) in [6.07, 6.45) is 0. The number of nitrogens with one attached hydrogen (secondary N) is 1. The number of nitrogens with zero attached hydrogens (tertiary/aromatic N) is 1. The van der Waals surface area contributed by atoms with E-state index >= 15 is 0 Å². The summed E-state index contributed by atoms with van der Waals surface area (Å²) in [6.45, 7) is -0.472. The highest BCUT2D eigenvalue weighted by Crippen LogP contribution is 2.24. The van der Waals surface area contributed by atoms with E-state index in [1.165, 1.54) is 12.1 Å². The number of amides is 1. The van der Waals surface area contributed by atoms with Crippen molar-refractivity contribution in [2.75, 3.05) is 11.9 Å². The molecule has 0 aliphatic carbocycles. The zero-order chi connectivity index (χ0) is 16.1. The summed E-state index contributed by atoms with van der Waals surface area (Å²) in [7, 11) is 0. The molecule has 0 bridgehead atoms. The molecule has 0 atom stereocenters. The van der Waals surface area contributed by atoms with Crippen molar-refractivity contribution in [1.82, 2.24) is 0 Å². The second-order valence-electron chi connectivity index (χ2n) is 4.03. The van der Waals surface area contributed by atoms with Gasteiger partial charge in [-0.3, -0.25) is 14.9 Å². The number of hydrogen-bond donors (Lipinski definition) is 1. The molecular weight excluding hydrogens is 376 g/mol. The van der Waals surface area contributed by atoms with Crippen LogP contribution in [-0.2, 0) is 9.53 Å². The van der Waals surface area contributed by atoms with E-state index in [4.69, 9.17) is 4.74 Å². The van der Waals surface area contributed by atoms with Crippen LogP contribution in [0.4, 0.5) is 10.7 Å². The minimum Gasteiger partial charge on any atom is -0.451 e. The fourth-order valence-corrected chi connectivity index (χ4v) is 2.45. The van der Waals surface area contributed by atoms with Crippen LogP contribution in [0.25, 0.3) is 0 Å². The van der Waals surface area contributed by atoms with Gasteiger partial charge in [-0.2, -0.15) is 0 Å². The largest absolute Gasteiger partial charge is 0.451 e. The number of rotatable bonds is 5. The molecule has 0 saturated heterocycles. The number of carbonyl (C=O) groups is 2. The van der Waals surface area contributed by atoms with Crippen LogP contribution in [-0.4, -0.2) is 23.4 Å². The van der Waals surface area contributed by atoms with Crippen LogP contribution in [0.15, 0.2) is 40.9 Å². The molecule has 0 aliphatic heterocycles. The molecule has 22 heavy (non-hydrogen) atoms. The highest BCUT2D eigenvalue weighted by Gasteiger charge is 2.17. The van der Waals surface area contributed by atoms with Gasteiger partial charge in [-0.05, 0) is 30.3 Å². The van der Waals surface area contributed by atoms with Gasteiger partial charge in [0, 0.05) is 16.2 Å². The van der Waals surface area contributed by atoms with Gasteiger partial charge in [-0.25, -0.2) is 4.79 Å². The first-order valence-corrected chi connectivity index (χ1v) is 7.53. The third-order valence-corrected chi connectivity index (χ3v) is 3.98. The lowest BCUT2D eigenvalue weighted by Crippen LogP contribution is -2.20. The minimum atomic E-state index is -0.774. The van der Waals surface area contributed by atoms with Crippen molar-refractivity contribution in [2.24, 2.45) is 0 Å². The number of thiophene rings is 1. The highest BCUT2D eigenvalue weighted by atomic mass is 79.9. The van der Waals surface area contributed by atoms with Gasteiger partial charge in [0.15, 0.2) is 6.61 Å². The highest BCUT2D eigenvalue weighted by molar-refractivity contribution is 9.10. The molecule has 1 aromatic carbocycles. The maximum atomic E-state index is 11.7. The minimum absolute atomic E-state index is 0.0724. The molecule has 2 aromatic rings. The molecule has 0 saturated carbocycles. The first-order valence-electron chi connectivity index (χ1n) is 5.92. The van der Waals surface area contributed by atoms with E-state index < -0.39 is 23.4 Å². The molecule has 7 nitrogen and oxygen atoms in total. The van der Waals surface area contributed by atoms with Gasteiger partial charge in [0.25, 0.3) is 5.91 Å². The molecule has 0 fully saturated rings. The Kier molecular flexibility index (Phi) is 5.23. The van der Waals surface area contributed by atoms with E-state index in [1.54, 1.807) is 24.3 Å². The molecule has 9 heteroatoms. The maximum absolute atomic E-state index is 11.7. The van der Waals surface area contributed by atoms with Crippen LogP contribution in [0, 0.1) is 10.1 Å². The van der Waals surface area contributed by atoms with E-state index in [9.17, 15) is 19.7 Å². The first-order chi connectivity index (χ1) is 10.5. The quantitative estimate of drug-likeness (QED) is 0.484. The number of ether oxygens (including phenoxy) is 1. The predicted octanol–water partition coefficient (Wildman–Crippen LogP) is 3.21. The Labute approximate surface area is 137 Å². The summed E-state index contributed by atoms with van der Waals surface area (Å²) in [5.74, 6) is -1.27. The number of carbonyl (C=O) groups excluding carboxylic acids is 2. The lowest BCUT2D eigenvalue weighted by molar-refractivity contribution is -0.380. The summed E-state index contributed by atoms with van der Waals surface area (Å²) in [5.41, 5.74) is 0.566. The Bertz CT molecular complexity index is 713. The standard InChI is InChI=1S/C13H9BrN2O5S/c14-8-1-3-9(4-2-8)15-11(17)7-21-13(18)10-5-6-12(22-10)16(19)20/h1-6H,7H2,(H,15,17). The summed E-state index contributed by atoms with van der Waals surface area (Å²) in [6, 6.07) is 9.39. The average molecular weight is 385 g/mol. The molecule has 1 N–H and O–H groups in total. The third kappa shape index (κ3) is 4.37. The van der Waals surface area contributed by atoms with Gasteiger partial charge in [0.05, 0.1) is 4.92 Å². The smallest absolute Gasteiger partial charge is 0.349 e. The van der Waals surface area contributed by atoms with Gasteiger partial charge >= 0.3 is 11.0 Å². The van der Waals surface area contributed by atoms with Crippen molar-refractivity contribution in [3.8, 4) is 0 Å². The molecular formula is C13H9BrN2O5S. The molecule has 1 aromatic heterocycles. The van der Waals surface area contributed by atoms with Crippen LogP contribution in [0.5, 0.6) is 0 Å². The van der Waals surface area contributed by atoms with Crippen molar-refractivity contribution in [1.29, 1.82) is 0 Å². The van der Waals surface area contributed by atoms with Crippen LogP contribution in [0.3, 0.4) is 0 Å². The fraction of sp³-hybridized carbons (Fsp3) is 0.0769. The van der Waals surface area contributed by atoms with Gasteiger partial charge in [-0.15, -0.1) is 0 Å². The van der Waals surface area contributed by atoms with Crippen LogP contribution < -0.4 is 5.32 Å². The predicted molar refractivity (Wildman–Crippen MR) is 84.0 cm³/mol. The zero-order valence-corrected chi connectivity index (χ0v) is 13.3. The van der Waals surface area contributed by atoms with E-state index in [0.29, 0.717) is 17.0 Å². The number of esters is 1. The molecule has 0 spiro atoms. The van der Waals surface area contributed by atoms with E-state index in [1.807, 2.05) is 0 Å². The van der Waals surface area contributed by atoms with E-state index in [-0.39, 0.29) is 9.88 Å². The Hall–Kier alpha value is -2.26. The number of benzene rings is 1. The Morgan fingerprint density at radius 2 is 1.91 bits per heavy atom. The van der Waals surface area contributed by atoms with Crippen LogP contribution in [0.1, 0.15) is 9.67 Å². The van der Waals surface area contributed by atoms with Crippen molar-refractivity contribution >= 4 is 49.8 Å². The molecule has 0 radical (unpaired) electrons. The fourth-order valence-electron chi connectivity index (χ4n) is 1.47. The SMILES string of the molecule is O=C(COC(=O)c1ccc([N+](=O)[O-])s1)Nc1ccc(Br)cc1. The lowest BCUT2D eigenvalue weighted by atomic mass is 10.3. The van der Waals surface area contributed by atoms with Crippen molar-refractivity contribution in [3.63, 3.8) is 0 Å². The summed E-state index contributed by atoms with van der Waals surface area (Å²) < 4.78 is 5.68. The molecule has 114 valence electrons. The van der Waals surface area contributed by atoms with Gasteiger partial charge in [-0.1, -0.05) is 27.3 Å². The molecule has 0 aliphatic rings. The molecule has 1 amide bonds. The van der Waals surface area contributed by atoms with Crippen LogP contribution in [0.2, 0.25) is 0 Å². The normalized spacial score (nSPS) is 10.0. The molecule has 0 unspecified atom stereocenters. The van der Waals surface area contributed by atoms with Crippen molar-refractivity contribution in [3.05, 3.63) is 55.9 Å². The lowest BCUT2D eigenvalue weighted by Gasteiger charge is -2.05. The Morgan fingerprint density at radius 1 is 1.23 bits per heavy atom. The number of anilines is 1. The monoisotopic (exact) mass is 384 g/mol. The average Bonchev–Trinajstić information content (AvgIpc) is 2.97. The second-order valence-corrected chi connectivity index (χ2v) is 6.00. The molecule has 2 rings (SSSR count). The number of halogens is 1. The van der Waals surface area contributed by atoms with Gasteiger partial charge in [0.1, 0.15) is 4.88 Å². The zero-order valence-electron chi connectivity index (χ0n) is 10.9. The van der Waals surface area contributed by atoms with Crippen LogP contribution >= 0.6 is 27.3 Å². The summed E-state index contributed by atoms with van der Waals surface area (Å²) in [4.78, 5) is 33.3. The second kappa shape index (κ2) is 7.14. The maximum Gasteiger partial charge on any atom is 0.349 e. The van der Waals surface area contributed by atoms with Crippen molar-refractivity contribution < 1.29 is 19.2 Å². The first kappa shape index (κ1) is 16.1. The third-order valence-electron chi connectivity index (χ3n) is 2.44. The summed E-state index contributed by atoms with van der Waals surface area (Å²) in [5, 5.41) is 12.9. The van der Waals surface area contributed by atoms with E-state index in [2.05, 4.69) is 21.2 Å².